The van der Waals surface area contributed by atoms with Crippen molar-refractivity contribution in [2.45, 2.75) is 12.5 Å². The molecule has 2 aromatic heterocycles. The number of benzene rings is 1. The SMILES string of the molecule is COc1cc2c(cc1OC)C(c1cccs1)N(C(=O)c1cnsn1)CC2. The number of carbonyl (C=O) groups excluding carboxylic acids is 1. The zero-order valence-electron chi connectivity index (χ0n) is 14.3. The van der Waals surface area contributed by atoms with Gasteiger partial charge in [0.15, 0.2) is 17.2 Å². The number of ether oxygens (including phenoxy) is 2. The average molecular weight is 387 g/mol. The van der Waals surface area contributed by atoms with Crippen LogP contribution in [0.15, 0.2) is 35.8 Å². The van der Waals surface area contributed by atoms with Gasteiger partial charge in [-0.3, -0.25) is 4.79 Å². The van der Waals surface area contributed by atoms with E-state index in [1.807, 2.05) is 28.5 Å². The van der Waals surface area contributed by atoms with Crippen LogP contribution in [-0.2, 0) is 6.42 Å². The monoisotopic (exact) mass is 387 g/mol. The number of fused-ring (bicyclic) bond motifs is 1. The van der Waals surface area contributed by atoms with Crippen molar-refractivity contribution >= 4 is 29.0 Å². The van der Waals surface area contributed by atoms with Crippen molar-refractivity contribution in [3.8, 4) is 11.5 Å². The molecule has 1 aromatic carbocycles. The Kier molecular flexibility index (Phi) is 4.60. The molecule has 1 atom stereocenters. The molecule has 1 amide bonds. The molecule has 3 heterocycles. The van der Waals surface area contributed by atoms with Gasteiger partial charge < -0.3 is 14.4 Å². The molecule has 26 heavy (non-hydrogen) atoms. The normalized spacial score (nSPS) is 16.2. The van der Waals surface area contributed by atoms with Crippen LogP contribution in [0.25, 0.3) is 0 Å². The summed E-state index contributed by atoms with van der Waals surface area (Å²) < 4.78 is 19.0. The largest absolute Gasteiger partial charge is 0.493 e. The van der Waals surface area contributed by atoms with Gasteiger partial charge in [0.25, 0.3) is 5.91 Å². The summed E-state index contributed by atoms with van der Waals surface area (Å²) in [6.45, 7) is 0.613. The van der Waals surface area contributed by atoms with Crippen molar-refractivity contribution in [2.75, 3.05) is 20.8 Å². The number of aromatic nitrogens is 2. The number of methoxy groups -OCH3 is 2. The van der Waals surface area contributed by atoms with Gasteiger partial charge in [-0.05, 0) is 41.1 Å². The molecule has 1 aliphatic heterocycles. The number of nitrogens with zero attached hydrogens (tertiary/aromatic N) is 3. The van der Waals surface area contributed by atoms with Crippen molar-refractivity contribution in [2.24, 2.45) is 0 Å². The third-order valence-corrected chi connectivity index (χ3v) is 5.93. The Morgan fingerprint density at radius 2 is 2.08 bits per heavy atom. The molecule has 6 nitrogen and oxygen atoms in total. The topological polar surface area (TPSA) is 64.6 Å². The first kappa shape index (κ1) is 17.0. The molecule has 3 aromatic rings. The minimum atomic E-state index is -0.173. The molecule has 8 heteroatoms. The molecule has 0 fully saturated rings. The maximum Gasteiger partial charge on any atom is 0.276 e. The van der Waals surface area contributed by atoms with E-state index in [-0.39, 0.29) is 11.9 Å². The minimum absolute atomic E-state index is 0.0995. The lowest BCUT2D eigenvalue weighted by Gasteiger charge is -2.37. The smallest absolute Gasteiger partial charge is 0.276 e. The highest BCUT2D eigenvalue weighted by molar-refractivity contribution is 7.10. The number of amides is 1. The second-order valence-electron chi connectivity index (χ2n) is 5.87. The Morgan fingerprint density at radius 1 is 1.27 bits per heavy atom. The summed E-state index contributed by atoms with van der Waals surface area (Å²) in [6.07, 6.45) is 2.28. The van der Waals surface area contributed by atoms with Gasteiger partial charge in [0, 0.05) is 11.4 Å². The van der Waals surface area contributed by atoms with E-state index in [2.05, 4.69) is 14.8 Å². The highest BCUT2D eigenvalue weighted by Gasteiger charge is 2.35. The molecule has 0 radical (unpaired) electrons. The summed E-state index contributed by atoms with van der Waals surface area (Å²) in [5, 5.41) is 2.03. The highest BCUT2D eigenvalue weighted by Crippen LogP contribution is 2.42. The quantitative estimate of drug-likeness (QED) is 0.686. The molecule has 0 N–H and O–H groups in total. The van der Waals surface area contributed by atoms with Crippen LogP contribution in [0, 0.1) is 0 Å². The fraction of sp³-hybridized carbons (Fsp3) is 0.278. The van der Waals surface area contributed by atoms with Gasteiger partial charge in [0.1, 0.15) is 0 Å². The van der Waals surface area contributed by atoms with Gasteiger partial charge in [-0.15, -0.1) is 11.3 Å². The van der Waals surface area contributed by atoms with Crippen LogP contribution < -0.4 is 9.47 Å². The van der Waals surface area contributed by atoms with Crippen LogP contribution in [0.3, 0.4) is 0 Å². The number of rotatable bonds is 4. The maximum atomic E-state index is 13.0. The molecule has 1 unspecified atom stereocenters. The van der Waals surface area contributed by atoms with E-state index < -0.39 is 0 Å². The molecule has 0 saturated heterocycles. The third-order valence-electron chi connectivity index (χ3n) is 4.53. The van der Waals surface area contributed by atoms with Crippen LogP contribution >= 0.6 is 23.1 Å². The second kappa shape index (κ2) is 7.05. The molecule has 4 rings (SSSR count). The van der Waals surface area contributed by atoms with E-state index in [0.29, 0.717) is 23.7 Å². The Hall–Kier alpha value is -2.45. The molecular weight excluding hydrogens is 370 g/mol. The van der Waals surface area contributed by atoms with Crippen molar-refractivity contribution in [1.82, 2.24) is 13.6 Å². The fourth-order valence-corrected chi connectivity index (χ4v) is 4.59. The van der Waals surface area contributed by atoms with Crippen LogP contribution in [-0.4, -0.2) is 40.3 Å². The lowest BCUT2D eigenvalue weighted by atomic mass is 9.90. The van der Waals surface area contributed by atoms with Gasteiger partial charge >= 0.3 is 0 Å². The van der Waals surface area contributed by atoms with Gasteiger partial charge in [-0.2, -0.15) is 8.75 Å². The molecule has 0 saturated carbocycles. The molecule has 0 spiro atoms. The number of hydrogen-bond donors (Lipinski definition) is 0. The number of hydrogen-bond acceptors (Lipinski definition) is 7. The molecule has 0 bridgehead atoms. The van der Waals surface area contributed by atoms with Gasteiger partial charge in [-0.1, -0.05) is 6.07 Å². The number of thiophene rings is 1. The third kappa shape index (κ3) is 2.85. The van der Waals surface area contributed by atoms with Crippen molar-refractivity contribution in [3.05, 3.63) is 57.5 Å². The molecular formula is C18H17N3O3S2. The van der Waals surface area contributed by atoms with E-state index in [0.717, 1.165) is 28.6 Å². The molecule has 1 aliphatic rings. The summed E-state index contributed by atoms with van der Waals surface area (Å²) in [7, 11) is 3.26. The van der Waals surface area contributed by atoms with Crippen molar-refractivity contribution in [3.63, 3.8) is 0 Å². The summed E-state index contributed by atoms with van der Waals surface area (Å²) in [6, 6.07) is 7.88. The first-order valence-electron chi connectivity index (χ1n) is 8.09. The summed E-state index contributed by atoms with van der Waals surface area (Å²) in [5.74, 6) is 1.27. The highest BCUT2D eigenvalue weighted by atomic mass is 32.1. The van der Waals surface area contributed by atoms with Crippen LogP contribution in [0.2, 0.25) is 0 Å². The van der Waals surface area contributed by atoms with Crippen molar-refractivity contribution in [1.29, 1.82) is 0 Å². The Morgan fingerprint density at radius 3 is 2.73 bits per heavy atom. The van der Waals surface area contributed by atoms with Crippen molar-refractivity contribution < 1.29 is 14.3 Å². The zero-order valence-corrected chi connectivity index (χ0v) is 16.0. The zero-order chi connectivity index (χ0) is 18.1. The molecule has 134 valence electrons. The Bertz CT molecular complexity index is 910. The van der Waals surface area contributed by atoms with Gasteiger partial charge in [0.05, 0.1) is 38.2 Å². The lowest BCUT2D eigenvalue weighted by Crippen LogP contribution is -2.40. The lowest BCUT2D eigenvalue weighted by molar-refractivity contribution is 0.0692. The fourth-order valence-electron chi connectivity index (χ4n) is 3.32. The van der Waals surface area contributed by atoms with E-state index >= 15 is 0 Å². The first-order valence-corrected chi connectivity index (χ1v) is 9.70. The Balaban J connectivity index is 1.83. The minimum Gasteiger partial charge on any atom is -0.493 e. The predicted octanol–water partition coefficient (Wildman–Crippen LogP) is 3.40. The van der Waals surface area contributed by atoms with E-state index in [1.54, 1.807) is 25.6 Å². The standard InChI is InChI=1S/C18H17N3O3S2/c1-23-14-8-11-5-6-21(18(22)13-10-19-26-20-13)17(16-4-3-7-25-16)12(11)9-15(14)24-2/h3-4,7-10,17H,5-6H2,1-2H3. The van der Waals surface area contributed by atoms with Gasteiger partial charge in [-0.25, -0.2) is 0 Å². The first-order chi connectivity index (χ1) is 12.7. The van der Waals surface area contributed by atoms with Crippen LogP contribution in [0.5, 0.6) is 11.5 Å². The predicted molar refractivity (Wildman–Crippen MR) is 100 cm³/mol. The summed E-state index contributed by atoms with van der Waals surface area (Å²) in [4.78, 5) is 16.0. The van der Waals surface area contributed by atoms with Gasteiger partial charge in [0.2, 0.25) is 0 Å². The second-order valence-corrected chi connectivity index (χ2v) is 7.40. The van der Waals surface area contributed by atoms with Crippen LogP contribution in [0.4, 0.5) is 0 Å². The molecule has 0 aliphatic carbocycles. The van der Waals surface area contributed by atoms with E-state index in [4.69, 9.17) is 9.47 Å². The maximum absolute atomic E-state index is 13.0. The van der Waals surface area contributed by atoms with Crippen LogP contribution in [0.1, 0.15) is 32.5 Å². The summed E-state index contributed by atoms with van der Waals surface area (Å²) >= 11 is 2.68. The van der Waals surface area contributed by atoms with E-state index in [1.165, 1.54) is 11.8 Å². The summed E-state index contributed by atoms with van der Waals surface area (Å²) in [5.41, 5.74) is 2.62. The Labute approximate surface area is 159 Å². The average Bonchev–Trinajstić information content (AvgIpc) is 3.39. The van der Waals surface area contributed by atoms with E-state index in [9.17, 15) is 4.79 Å². The number of carbonyl (C=O) groups is 1.